The SMILES string of the molecule is O=C(OCCO)c1c(-c2ccccc2)oc2c1C(OCCO)CCC2. The van der Waals surface area contributed by atoms with E-state index in [9.17, 15) is 4.79 Å². The Morgan fingerprint density at radius 1 is 1.16 bits per heavy atom. The van der Waals surface area contributed by atoms with Gasteiger partial charge in [-0.15, -0.1) is 0 Å². The molecule has 0 fully saturated rings. The lowest BCUT2D eigenvalue weighted by Crippen LogP contribution is -2.18. The van der Waals surface area contributed by atoms with Crippen molar-refractivity contribution in [1.29, 1.82) is 0 Å². The Morgan fingerprint density at radius 2 is 1.92 bits per heavy atom. The number of aliphatic hydroxyl groups excluding tert-OH is 2. The number of carbonyl (C=O) groups excluding carboxylic acids is 1. The van der Waals surface area contributed by atoms with Crippen molar-refractivity contribution in [2.24, 2.45) is 0 Å². The molecule has 1 aliphatic rings. The molecule has 1 aliphatic carbocycles. The highest BCUT2D eigenvalue weighted by Gasteiger charge is 2.34. The number of hydrogen-bond acceptors (Lipinski definition) is 6. The Kier molecular flexibility index (Phi) is 5.86. The lowest BCUT2D eigenvalue weighted by atomic mass is 9.91. The number of fused-ring (bicyclic) bond motifs is 1. The molecular formula is C19H22O6. The van der Waals surface area contributed by atoms with Crippen LogP contribution in [0.25, 0.3) is 11.3 Å². The number of ether oxygens (including phenoxy) is 2. The molecule has 1 aromatic heterocycles. The summed E-state index contributed by atoms with van der Waals surface area (Å²) in [7, 11) is 0. The fourth-order valence-electron chi connectivity index (χ4n) is 3.18. The average molecular weight is 346 g/mol. The highest BCUT2D eigenvalue weighted by Crippen LogP contribution is 2.42. The Morgan fingerprint density at radius 3 is 2.64 bits per heavy atom. The molecular weight excluding hydrogens is 324 g/mol. The van der Waals surface area contributed by atoms with E-state index in [1.807, 2.05) is 30.3 Å². The van der Waals surface area contributed by atoms with Gasteiger partial charge in [0.15, 0.2) is 0 Å². The molecule has 0 radical (unpaired) electrons. The summed E-state index contributed by atoms with van der Waals surface area (Å²) in [6, 6.07) is 9.38. The highest BCUT2D eigenvalue weighted by atomic mass is 16.5. The fraction of sp³-hybridized carbons (Fsp3) is 0.421. The van der Waals surface area contributed by atoms with Crippen molar-refractivity contribution in [1.82, 2.24) is 0 Å². The molecule has 1 atom stereocenters. The van der Waals surface area contributed by atoms with E-state index in [0.717, 1.165) is 30.6 Å². The Bertz CT molecular complexity index is 706. The third-order valence-electron chi connectivity index (χ3n) is 4.19. The van der Waals surface area contributed by atoms with E-state index in [0.29, 0.717) is 16.9 Å². The number of aliphatic hydroxyl groups is 2. The predicted molar refractivity (Wildman–Crippen MR) is 90.2 cm³/mol. The summed E-state index contributed by atoms with van der Waals surface area (Å²) >= 11 is 0. The Hall–Kier alpha value is -2.15. The summed E-state index contributed by atoms with van der Waals surface area (Å²) in [5.41, 5.74) is 1.85. The standard InChI is InChI=1S/C19H22O6/c20-9-11-23-14-7-4-8-15-16(14)17(19(22)24-12-10-21)18(25-15)13-5-2-1-3-6-13/h1-3,5-6,14,20-21H,4,7-12H2. The van der Waals surface area contributed by atoms with Gasteiger partial charge in [-0.25, -0.2) is 4.79 Å². The van der Waals surface area contributed by atoms with Crippen molar-refractivity contribution in [2.75, 3.05) is 26.4 Å². The first-order chi connectivity index (χ1) is 12.3. The van der Waals surface area contributed by atoms with Crippen molar-refractivity contribution < 1.29 is 28.9 Å². The maximum absolute atomic E-state index is 12.7. The lowest BCUT2D eigenvalue weighted by Gasteiger charge is -2.22. The molecule has 0 saturated heterocycles. The number of benzene rings is 1. The monoisotopic (exact) mass is 346 g/mol. The zero-order valence-electron chi connectivity index (χ0n) is 13.9. The third kappa shape index (κ3) is 3.76. The van der Waals surface area contributed by atoms with Crippen molar-refractivity contribution >= 4 is 5.97 Å². The minimum atomic E-state index is -0.530. The minimum Gasteiger partial charge on any atom is -0.460 e. The van der Waals surface area contributed by atoms with E-state index in [4.69, 9.17) is 24.1 Å². The fourth-order valence-corrected chi connectivity index (χ4v) is 3.18. The molecule has 1 aromatic carbocycles. The molecule has 3 rings (SSSR count). The van der Waals surface area contributed by atoms with Gasteiger partial charge in [-0.3, -0.25) is 0 Å². The normalized spacial score (nSPS) is 16.5. The molecule has 0 aliphatic heterocycles. The molecule has 25 heavy (non-hydrogen) atoms. The Balaban J connectivity index is 2.07. The summed E-state index contributed by atoms with van der Waals surface area (Å²) in [4.78, 5) is 12.7. The molecule has 0 spiro atoms. The summed E-state index contributed by atoms with van der Waals surface area (Å²) in [5, 5.41) is 18.0. The van der Waals surface area contributed by atoms with Crippen LogP contribution in [0.3, 0.4) is 0 Å². The maximum atomic E-state index is 12.7. The molecule has 6 heteroatoms. The van der Waals surface area contributed by atoms with Crippen molar-refractivity contribution in [3.63, 3.8) is 0 Å². The van der Waals surface area contributed by atoms with Gasteiger partial charge >= 0.3 is 5.97 Å². The van der Waals surface area contributed by atoms with Gasteiger partial charge in [-0.2, -0.15) is 0 Å². The molecule has 134 valence electrons. The van der Waals surface area contributed by atoms with Gasteiger partial charge in [-0.1, -0.05) is 30.3 Å². The second kappa shape index (κ2) is 8.29. The molecule has 0 amide bonds. The average Bonchev–Trinajstić information content (AvgIpc) is 3.05. The van der Waals surface area contributed by atoms with Crippen LogP contribution in [0.15, 0.2) is 34.7 Å². The van der Waals surface area contributed by atoms with E-state index in [1.165, 1.54) is 0 Å². The van der Waals surface area contributed by atoms with E-state index >= 15 is 0 Å². The van der Waals surface area contributed by atoms with Gasteiger partial charge in [-0.05, 0) is 12.8 Å². The van der Waals surface area contributed by atoms with Crippen LogP contribution >= 0.6 is 0 Å². The minimum absolute atomic E-state index is 0.0742. The van der Waals surface area contributed by atoms with E-state index < -0.39 is 5.97 Å². The number of rotatable bonds is 7. The second-order valence-electron chi connectivity index (χ2n) is 5.84. The number of furan rings is 1. The number of esters is 1. The zero-order chi connectivity index (χ0) is 17.6. The summed E-state index contributed by atoms with van der Waals surface area (Å²) < 4.78 is 16.9. The van der Waals surface area contributed by atoms with Crippen LogP contribution in [0.5, 0.6) is 0 Å². The smallest absolute Gasteiger partial charge is 0.342 e. The van der Waals surface area contributed by atoms with Crippen LogP contribution in [-0.2, 0) is 15.9 Å². The van der Waals surface area contributed by atoms with E-state index in [-0.39, 0.29) is 32.5 Å². The molecule has 6 nitrogen and oxygen atoms in total. The summed E-state index contributed by atoms with van der Waals surface area (Å²) in [6.07, 6.45) is 2.05. The number of carbonyl (C=O) groups is 1. The van der Waals surface area contributed by atoms with Gasteiger partial charge in [0.05, 0.1) is 25.9 Å². The van der Waals surface area contributed by atoms with Crippen LogP contribution in [-0.4, -0.2) is 42.6 Å². The third-order valence-corrected chi connectivity index (χ3v) is 4.19. The van der Waals surface area contributed by atoms with Gasteiger partial charge < -0.3 is 24.1 Å². The van der Waals surface area contributed by atoms with Crippen molar-refractivity contribution in [3.05, 3.63) is 47.2 Å². The molecule has 2 N–H and O–H groups in total. The first-order valence-electron chi connectivity index (χ1n) is 8.47. The van der Waals surface area contributed by atoms with Crippen LogP contribution in [0.4, 0.5) is 0 Å². The van der Waals surface area contributed by atoms with Gasteiger partial charge in [0.2, 0.25) is 0 Å². The largest absolute Gasteiger partial charge is 0.460 e. The maximum Gasteiger partial charge on any atom is 0.342 e. The van der Waals surface area contributed by atoms with Crippen LogP contribution in [0.2, 0.25) is 0 Å². The summed E-state index contributed by atoms with van der Waals surface area (Å²) in [6.45, 7) is -0.202. The molecule has 1 heterocycles. The predicted octanol–water partition coefficient (Wildman–Crippen LogP) is 2.48. The van der Waals surface area contributed by atoms with E-state index in [1.54, 1.807) is 0 Å². The molecule has 2 aromatic rings. The lowest BCUT2D eigenvalue weighted by molar-refractivity contribution is 0.0154. The molecule has 1 unspecified atom stereocenters. The zero-order valence-corrected chi connectivity index (χ0v) is 13.9. The highest BCUT2D eigenvalue weighted by molar-refractivity contribution is 5.98. The topological polar surface area (TPSA) is 89.1 Å². The first-order valence-corrected chi connectivity index (χ1v) is 8.47. The first kappa shape index (κ1) is 17.7. The quantitative estimate of drug-likeness (QED) is 0.749. The number of hydrogen-bond donors (Lipinski definition) is 2. The van der Waals surface area contributed by atoms with Gasteiger partial charge in [0.25, 0.3) is 0 Å². The molecule has 0 bridgehead atoms. The number of aryl methyl sites for hydroxylation is 1. The molecule has 0 saturated carbocycles. The van der Waals surface area contributed by atoms with Gasteiger partial charge in [0.1, 0.15) is 23.7 Å². The Labute approximate surface area is 146 Å². The van der Waals surface area contributed by atoms with Crippen molar-refractivity contribution in [3.8, 4) is 11.3 Å². The van der Waals surface area contributed by atoms with Crippen LogP contribution in [0, 0.1) is 0 Å². The second-order valence-corrected chi connectivity index (χ2v) is 5.84. The van der Waals surface area contributed by atoms with Crippen LogP contribution < -0.4 is 0 Å². The van der Waals surface area contributed by atoms with Gasteiger partial charge in [0, 0.05) is 17.5 Å². The van der Waals surface area contributed by atoms with E-state index in [2.05, 4.69) is 0 Å². The summed E-state index contributed by atoms with van der Waals surface area (Å²) in [5.74, 6) is 0.662. The van der Waals surface area contributed by atoms with Crippen LogP contribution in [0.1, 0.15) is 40.6 Å². The van der Waals surface area contributed by atoms with Crippen molar-refractivity contribution in [2.45, 2.75) is 25.4 Å².